The van der Waals surface area contributed by atoms with E-state index in [1.165, 1.54) is 19.3 Å². The number of nitriles is 1. The van der Waals surface area contributed by atoms with Crippen LogP contribution in [0.25, 0.3) is 0 Å². The zero-order valence-electron chi connectivity index (χ0n) is 10.7. The van der Waals surface area contributed by atoms with Gasteiger partial charge in [-0.3, -0.25) is 0 Å². The van der Waals surface area contributed by atoms with E-state index >= 15 is 0 Å². The molecule has 0 amide bonds. The van der Waals surface area contributed by atoms with Crippen molar-refractivity contribution in [2.45, 2.75) is 33.1 Å². The van der Waals surface area contributed by atoms with Gasteiger partial charge in [-0.05, 0) is 43.2 Å². The van der Waals surface area contributed by atoms with Gasteiger partial charge >= 0.3 is 0 Å². The molecule has 0 saturated heterocycles. The number of rotatable bonds is 3. The van der Waals surface area contributed by atoms with E-state index in [4.69, 9.17) is 5.26 Å². The Morgan fingerprint density at radius 3 is 2.88 bits per heavy atom. The van der Waals surface area contributed by atoms with Gasteiger partial charge in [-0.15, -0.1) is 0 Å². The van der Waals surface area contributed by atoms with Crippen molar-refractivity contribution in [2.24, 2.45) is 11.8 Å². The van der Waals surface area contributed by atoms with Gasteiger partial charge < -0.3 is 5.32 Å². The first-order chi connectivity index (χ1) is 8.20. The molecule has 0 aliphatic heterocycles. The van der Waals surface area contributed by atoms with Crippen molar-refractivity contribution in [1.29, 1.82) is 5.26 Å². The second kappa shape index (κ2) is 5.23. The molecule has 2 unspecified atom stereocenters. The highest BCUT2D eigenvalue weighted by molar-refractivity contribution is 5.62. The summed E-state index contributed by atoms with van der Waals surface area (Å²) in [4.78, 5) is 0. The summed E-state index contributed by atoms with van der Waals surface area (Å²) in [6.07, 6.45) is 3.99. The quantitative estimate of drug-likeness (QED) is 0.856. The normalized spacial score (nSPS) is 23.4. The summed E-state index contributed by atoms with van der Waals surface area (Å²) < 4.78 is 0. The number of aryl methyl sites for hydroxylation is 1. The van der Waals surface area contributed by atoms with Gasteiger partial charge in [-0.25, -0.2) is 0 Å². The minimum atomic E-state index is 0.760. The number of nitrogens with one attached hydrogen (secondary N) is 1. The molecule has 1 fully saturated rings. The largest absolute Gasteiger partial charge is 0.383 e. The zero-order chi connectivity index (χ0) is 12.3. The monoisotopic (exact) mass is 228 g/mol. The second-order valence-corrected chi connectivity index (χ2v) is 5.27. The lowest BCUT2D eigenvalue weighted by Crippen LogP contribution is -2.13. The number of para-hydroxylation sites is 1. The molecule has 0 spiro atoms. The van der Waals surface area contributed by atoms with E-state index in [1.54, 1.807) is 0 Å². The molecular formula is C15H20N2. The number of anilines is 1. The minimum Gasteiger partial charge on any atom is -0.383 e. The van der Waals surface area contributed by atoms with Gasteiger partial charge in [0.15, 0.2) is 0 Å². The van der Waals surface area contributed by atoms with Crippen LogP contribution in [0.15, 0.2) is 18.2 Å². The molecule has 2 atom stereocenters. The molecule has 2 heteroatoms. The smallest absolute Gasteiger partial charge is 0.101 e. The van der Waals surface area contributed by atoms with Crippen molar-refractivity contribution in [1.82, 2.24) is 0 Å². The van der Waals surface area contributed by atoms with Crippen LogP contribution in [0.1, 0.15) is 37.3 Å². The van der Waals surface area contributed by atoms with Crippen molar-refractivity contribution in [3.63, 3.8) is 0 Å². The second-order valence-electron chi connectivity index (χ2n) is 5.27. The van der Waals surface area contributed by atoms with Crippen LogP contribution in [0.4, 0.5) is 5.69 Å². The SMILES string of the molecule is Cc1cccc(C#N)c1NCC1CCC(C)C1. The molecule has 1 aromatic carbocycles. The van der Waals surface area contributed by atoms with Crippen LogP contribution in [0.3, 0.4) is 0 Å². The fraction of sp³-hybridized carbons (Fsp3) is 0.533. The predicted octanol–water partition coefficient (Wildman–Crippen LogP) is 3.71. The summed E-state index contributed by atoms with van der Waals surface area (Å²) in [5.74, 6) is 1.64. The molecule has 1 aliphatic carbocycles. The highest BCUT2D eigenvalue weighted by atomic mass is 14.9. The van der Waals surface area contributed by atoms with Gasteiger partial charge in [0, 0.05) is 6.54 Å². The van der Waals surface area contributed by atoms with Gasteiger partial charge in [0.2, 0.25) is 0 Å². The van der Waals surface area contributed by atoms with Crippen molar-refractivity contribution in [3.8, 4) is 6.07 Å². The van der Waals surface area contributed by atoms with Crippen molar-refractivity contribution in [3.05, 3.63) is 29.3 Å². The first-order valence-electron chi connectivity index (χ1n) is 6.44. The van der Waals surface area contributed by atoms with Crippen LogP contribution < -0.4 is 5.32 Å². The van der Waals surface area contributed by atoms with Crippen LogP contribution in [0, 0.1) is 30.1 Å². The fourth-order valence-corrected chi connectivity index (χ4v) is 2.75. The summed E-state index contributed by atoms with van der Waals surface area (Å²) in [6.45, 7) is 5.39. The Balaban J connectivity index is 2.02. The van der Waals surface area contributed by atoms with Crippen LogP contribution in [0.5, 0.6) is 0 Å². The standard InChI is InChI=1S/C15H20N2/c1-11-6-7-13(8-11)10-17-15-12(2)4-3-5-14(15)9-16/h3-5,11,13,17H,6-8,10H2,1-2H3. The molecule has 1 aliphatic rings. The van der Waals surface area contributed by atoms with Crippen molar-refractivity contribution >= 4 is 5.69 Å². The Kier molecular flexibility index (Phi) is 3.68. The Hall–Kier alpha value is -1.49. The average molecular weight is 228 g/mol. The molecule has 2 rings (SSSR count). The predicted molar refractivity (Wildman–Crippen MR) is 70.9 cm³/mol. The number of hydrogen-bond donors (Lipinski definition) is 1. The lowest BCUT2D eigenvalue weighted by Gasteiger charge is -2.15. The molecule has 0 bridgehead atoms. The topological polar surface area (TPSA) is 35.8 Å². The summed E-state index contributed by atoms with van der Waals surface area (Å²) in [5, 5.41) is 12.6. The van der Waals surface area contributed by atoms with E-state index in [-0.39, 0.29) is 0 Å². The maximum Gasteiger partial charge on any atom is 0.101 e. The van der Waals surface area contributed by atoms with Crippen LogP contribution in [0.2, 0.25) is 0 Å². The number of hydrogen-bond acceptors (Lipinski definition) is 2. The first kappa shape index (κ1) is 12.0. The molecule has 1 N–H and O–H groups in total. The summed E-state index contributed by atoms with van der Waals surface area (Å²) in [5.41, 5.74) is 2.95. The average Bonchev–Trinajstić information content (AvgIpc) is 2.73. The van der Waals surface area contributed by atoms with Gasteiger partial charge in [-0.2, -0.15) is 5.26 Å². The highest BCUT2D eigenvalue weighted by Crippen LogP contribution is 2.31. The third kappa shape index (κ3) is 2.79. The lowest BCUT2D eigenvalue weighted by molar-refractivity contribution is 0.537. The Bertz CT molecular complexity index is 431. The Labute approximate surface area is 104 Å². The molecule has 1 saturated carbocycles. The third-order valence-corrected chi connectivity index (χ3v) is 3.76. The van der Waals surface area contributed by atoms with E-state index in [0.717, 1.165) is 35.2 Å². The highest BCUT2D eigenvalue weighted by Gasteiger charge is 2.21. The zero-order valence-corrected chi connectivity index (χ0v) is 10.7. The minimum absolute atomic E-state index is 0.760. The summed E-state index contributed by atoms with van der Waals surface area (Å²) in [6, 6.07) is 8.14. The number of nitrogens with zero attached hydrogens (tertiary/aromatic N) is 1. The van der Waals surface area contributed by atoms with Crippen LogP contribution in [-0.4, -0.2) is 6.54 Å². The molecule has 90 valence electrons. The van der Waals surface area contributed by atoms with Gasteiger partial charge in [0.05, 0.1) is 11.3 Å². The molecule has 0 aromatic heterocycles. The molecule has 0 heterocycles. The van der Waals surface area contributed by atoms with E-state index in [1.807, 2.05) is 12.1 Å². The molecule has 1 aromatic rings. The van der Waals surface area contributed by atoms with Crippen LogP contribution in [-0.2, 0) is 0 Å². The fourth-order valence-electron chi connectivity index (χ4n) is 2.75. The third-order valence-electron chi connectivity index (χ3n) is 3.76. The number of benzene rings is 1. The van der Waals surface area contributed by atoms with Gasteiger partial charge in [-0.1, -0.05) is 25.5 Å². The van der Waals surface area contributed by atoms with Gasteiger partial charge in [0.25, 0.3) is 0 Å². The van der Waals surface area contributed by atoms with E-state index in [9.17, 15) is 0 Å². The molecule has 2 nitrogen and oxygen atoms in total. The Morgan fingerprint density at radius 2 is 2.24 bits per heavy atom. The van der Waals surface area contributed by atoms with Crippen molar-refractivity contribution in [2.75, 3.05) is 11.9 Å². The summed E-state index contributed by atoms with van der Waals surface area (Å²) >= 11 is 0. The van der Waals surface area contributed by atoms with E-state index in [2.05, 4.69) is 31.3 Å². The first-order valence-corrected chi connectivity index (χ1v) is 6.44. The van der Waals surface area contributed by atoms with Crippen LogP contribution >= 0.6 is 0 Å². The lowest BCUT2D eigenvalue weighted by atomic mass is 10.0. The maximum atomic E-state index is 9.09. The Morgan fingerprint density at radius 1 is 1.41 bits per heavy atom. The maximum absolute atomic E-state index is 9.09. The van der Waals surface area contributed by atoms with E-state index in [0.29, 0.717) is 0 Å². The molecule has 17 heavy (non-hydrogen) atoms. The molecule has 0 radical (unpaired) electrons. The van der Waals surface area contributed by atoms with Crippen molar-refractivity contribution < 1.29 is 0 Å². The van der Waals surface area contributed by atoms with Gasteiger partial charge in [0.1, 0.15) is 6.07 Å². The molecular weight excluding hydrogens is 208 g/mol. The van der Waals surface area contributed by atoms with E-state index < -0.39 is 0 Å². The summed E-state index contributed by atoms with van der Waals surface area (Å²) in [7, 11) is 0.